The lowest BCUT2D eigenvalue weighted by molar-refractivity contribution is 0.142. The van der Waals surface area contributed by atoms with Gasteiger partial charge in [0.2, 0.25) is 0 Å². The van der Waals surface area contributed by atoms with Crippen molar-refractivity contribution in [3.63, 3.8) is 0 Å². The molecule has 1 aromatic rings. The summed E-state index contributed by atoms with van der Waals surface area (Å²) in [6.45, 7) is 2.58. The maximum absolute atomic E-state index is 8.83. The second kappa shape index (κ2) is 6.39. The van der Waals surface area contributed by atoms with E-state index in [0.717, 1.165) is 38.2 Å². The van der Waals surface area contributed by atoms with E-state index in [9.17, 15) is 0 Å². The van der Waals surface area contributed by atoms with Crippen LogP contribution in [0.1, 0.15) is 30.4 Å². The zero-order valence-electron chi connectivity index (χ0n) is 9.98. The second-order valence-corrected chi connectivity index (χ2v) is 4.43. The third-order valence-corrected chi connectivity index (χ3v) is 3.10. The molecule has 0 saturated carbocycles. The fourth-order valence-electron chi connectivity index (χ4n) is 2.12. The fourth-order valence-corrected chi connectivity index (χ4v) is 2.12. The number of hydrogen-bond donors (Lipinski definition) is 1. The molecule has 1 heterocycles. The number of hydrogen-bond acceptors (Lipinski definition) is 3. The highest BCUT2D eigenvalue weighted by atomic mass is 16.5. The quantitative estimate of drug-likeness (QED) is 0.866. The second-order valence-electron chi connectivity index (χ2n) is 4.43. The smallest absolute Gasteiger partial charge is 0.0991 e. The molecule has 1 N–H and O–H groups in total. The minimum absolute atomic E-state index is 0.545. The van der Waals surface area contributed by atoms with E-state index in [1.807, 2.05) is 18.2 Å². The molecular formula is C14H18N2O. The van der Waals surface area contributed by atoms with Crippen molar-refractivity contribution in [3.8, 4) is 6.07 Å². The molecule has 1 aliphatic rings. The lowest BCUT2D eigenvalue weighted by atomic mass is 10.1. The first-order valence-corrected chi connectivity index (χ1v) is 6.18. The van der Waals surface area contributed by atoms with Crippen LogP contribution in [-0.4, -0.2) is 19.3 Å². The minimum Gasteiger partial charge on any atom is -0.381 e. The summed E-state index contributed by atoms with van der Waals surface area (Å²) in [5.74, 6) is 0. The van der Waals surface area contributed by atoms with Crippen LogP contribution in [0.15, 0.2) is 24.3 Å². The van der Waals surface area contributed by atoms with Gasteiger partial charge in [-0.1, -0.05) is 12.1 Å². The molecule has 0 radical (unpaired) electrons. The molecule has 2 rings (SSSR count). The molecule has 17 heavy (non-hydrogen) atoms. The molecule has 1 unspecified atom stereocenters. The molecule has 3 nitrogen and oxygen atoms in total. The molecule has 0 aliphatic carbocycles. The first kappa shape index (κ1) is 12.1. The van der Waals surface area contributed by atoms with Crippen LogP contribution in [0.3, 0.4) is 0 Å². The third kappa shape index (κ3) is 3.85. The monoisotopic (exact) mass is 230 g/mol. The summed E-state index contributed by atoms with van der Waals surface area (Å²) in [5, 5.41) is 12.4. The number of nitrogens with one attached hydrogen (secondary N) is 1. The van der Waals surface area contributed by atoms with Crippen LogP contribution in [0.2, 0.25) is 0 Å². The van der Waals surface area contributed by atoms with Crippen LogP contribution in [0.5, 0.6) is 0 Å². The molecule has 0 amide bonds. The Labute approximate surface area is 102 Å². The van der Waals surface area contributed by atoms with Gasteiger partial charge in [0, 0.05) is 25.8 Å². The average Bonchev–Trinajstić information content (AvgIpc) is 2.65. The van der Waals surface area contributed by atoms with Gasteiger partial charge >= 0.3 is 0 Å². The summed E-state index contributed by atoms with van der Waals surface area (Å²) in [6.07, 6.45) is 3.39. The Balaban J connectivity index is 1.86. The van der Waals surface area contributed by atoms with Crippen molar-refractivity contribution >= 4 is 0 Å². The van der Waals surface area contributed by atoms with E-state index in [0.29, 0.717) is 6.04 Å². The van der Waals surface area contributed by atoms with E-state index in [2.05, 4.69) is 17.5 Å². The SMILES string of the molecule is N#Cc1cccc(CNC2CCCOCC2)c1. The molecule has 1 fully saturated rings. The molecule has 3 heteroatoms. The summed E-state index contributed by atoms with van der Waals surface area (Å²) in [4.78, 5) is 0. The topological polar surface area (TPSA) is 45.0 Å². The van der Waals surface area contributed by atoms with Crippen molar-refractivity contribution in [2.75, 3.05) is 13.2 Å². The minimum atomic E-state index is 0.545. The lowest BCUT2D eigenvalue weighted by Crippen LogP contribution is -2.28. The highest BCUT2D eigenvalue weighted by Gasteiger charge is 2.11. The van der Waals surface area contributed by atoms with Gasteiger partial charge in [0.1, 0.15) is 0 Å². The maximum atomic E-state index is 8.83. The van der Waals surface area contributed by atoms with Crippen molar-refractivity contribution in [1.29, 1.82) is 5.26 Å². The van der Waals surface area contributed by atoms with E-state index in [1.165, 1.54) is 12.0 Å². The molecule has 1 aromatic carbocycles. The number of nitrogens with zero attached hydrogens (tertiary/aromatic N) is 1. The van der Waals surface area contributed by atoms with E-state index < -0.39 is 0 Å². The molecule has 1 aliphatic heterocycles. The van der Waals surface area contributed by atoms with Gasteiger partial charge in [-0.2, -0.15) is 5.26 Å². The van der Waals surface area contributed by atoms with Gasteiger partial charge in [-0.15, -0.1) is 0 Å². The zero-order chi connectivity index (χ0) is 11.9. The summed E-state index contributed by atoms with van der Waals surface area (Å²) in [7, 11) is 0. The van der Waals surface area contributed by atoms with Crippen LogP contribution < -0.4 is 5.32 Å². The predicted molar refractivity (Wildman–Crippen MR) is 66.5 cm³/mol. The molecule has 90 valence electrons. The van der Waals surface area contributed by atoms with Crippen molar-refractivity contribution in [2.24, 2.45) is 0 Å². The first-order chi connectivity index (χ1) is 8.38. The molecule has 0 aromatic heterocycles. The largest absolute Gasteiger partial charge is 0.381 e. The molecule has 0 spiro atoms. The lowest BCUT2D eigenvalue weighted by Gasteiger charge is -2.15. The molecule has 1 saturated heterocycles. The fraction of sp³-hybridized carbons (Fsp3) is 0.500. The summed E-state index contributed by atoms with van der Waals surface area (Å²) >= 11 is 0. The van der Waals surface area contributed by atoms with Gasteiger partial charge in [-0.3, -0.25) is 0 Å². The molecule has 0 bridgehead atoms. The normalized spacial score (nSPS) is 20.5. The van der Waals surface area contributed by atoms with Crippen LogP contribution in [0.25, 0.3) is 0 Å². The van der Waals surface area contributed by atoms with Gasteiger partial charge in [0.05, 0.1) is 11.6 Å². The Bertz CT molecular complexity index is 389. The van der Waals surface area contributed by atoms with Crippen LogP contribution >= 0.6 is 0 Å². The van der Waals surface area contributed by atoms with E-state index in [1.54, 1.807) is 0 Å². The number of benzene rings is 1. The summed E-state index contributed by atoms with van der Waals surface area (Å²) in [6, 6.07) is 10.5. The Kier molecular flexibility index (Phi) is 4.54. The molecular weight excluding hydrogens is 212 g/mol. The van der Waals surface area contributed by atoms with Crippen molar-refractivity contribution in [1.82, 2.24) is 5.32 Å². The van der Waals surface area contributed by atoms with Crippen LogP contribution in [0, 0.1) is 11.3 Å². The van der Waals surface area contributed by atoms with Crippen molar-refractivity contribution in [2.45, 2.75) is 31.8 Å². The van der Waals surface area contributed by atoms with Crippen LogP contribution in [0.4, 0.5) is 0 Å². The van der Waals surface area contributed by atoms with Gasteiger partial charge in [-0.05, 0) is 37.0 Å². The van der Waals surface area contributed by atoms with Gasteiger partial charge in [-0.25, -0.2) is 0 Å². The van der Waals surface area contributed by atoms with E-state index >= 15 is 0 Å². The number of rotatable bonds is 3. The molecule has 1 atom stereocenters. The first-order valence-electron chi connectivity index (χ1n) is 6.18. The van der Waals surface area contributed by atoms with Crippen molar-refractivity contribution < 1.29 is 4.74 Å². The van der Waals surface area contributed by atoms with Gasteiger partial charge in [0.15, 0.2) is 0 Å². The summed E-state index contributed by atoms with van der Waals surface area (Å²) < 4.78 is 5.43. The highest BCUT2D eigenvalue weighted by Crippen LogP contribution is 2.10. The Morgan fingerprint density at radius 2 is 2.29 bits per heavy atom. The number of nitriles is 1. The summed E-state index contributed by atoms with van der Waals surface area (Å²) in [5.41, 5.74) is 1.91. The van der Waals surface area contributed by atoms with Crippen LogP contribution in [-0.2, 0) is 11.3 Å². The Morgan fingerprint density at radius 1 is 1.35 bits per heavy atom. The highest BCUT2D eigenvalue weighted by molar-refractivity contribution is 5.32. The van der Waals surface area contributed by atoms with E-state index in [4.69, 9.17) is 10.00 Å². The van der Waals surface area contributed by atoms with Crippen molar-refractivity contribution in [3.05, 3.63) is 35.4 Å². The standard InChI is InChI=1S/C14H18N2O/c15-10-12-3-1-4-13(9-12)11-16-14-5-2-7-17-8-6-14/h1,3-4,9,14,16H,2,5-8,11H2. The maximum Gasteiger partial charge on any atom is 0.0991 e. The average molecular weight is 230 g/mol. The third-order valence-electron chi connectivity index (χ3n) is 3.10. The predicted octanol–water partition coefficient (Wildman–Crippen LogP) is 2.22. The van der Waals surface area contributed by atoms with Gasteiger partial charge in [0.25, 0.3) is 0 Å². The zero-order valence-corrected chi connectivity index (χ0v) is 9.98. The Morgan fingerprint density at radius 3 is 3.18 bits per heavy atom. The number of ether oxygens (including phenoxy) is 1. The van der Waals surface area contributed by atoms with E-state index in [-0.39, 0.29) is 0 Å². The van der Waals surface area contributed by atoms with Gasteiger partial charge < -0.3 is 10.1 Å². The Hall–Kier alpha value is -1.37.